The molecule has 4 heteroatoms. The van der Waals surface area contributed by atoms with Crippen molar-refractivity contribution in [2.24, 2.45) is 0 Å². The fraction of sp³-hybridized carbons (Fsp3) is 0.231. The topological polar surface area (TPSA) is 56.5 Å². The Morgan fingerprint density at radius 3 is 2.59 bits per heavy atom. The number of rotatable bonds is 2. The first-order valence-electron chi connectivity index (χ1n) is 5.34. The average Bonchev–Trinajstić information content (AvgIpc) is 2.29. The summed E-state index contributed by atoms with van der Waals surface area (Å²) in [5.74, 6) is -0.183. The molecule has 2 aromatic rings. The van der Waals surface area contributed by atoms with E-state index in [1.165, 1.54) is 0 Å². The van der Waals surface area contributed by atoms with Crippen LogP contribution >= 0.6 is 0 Å². The number of hydrogen-bond donors (Lipinski definition) is 0. The quantitative estimate of drug-likeness (QED) is 0.745. The van der Waals surface area contributed by atoms with Gasteiger partial charge in [-0.3, -0.25) is 0 Å². The van der Waals surface area contributed by atoms with Crippen molar-refractivity contribution in [2.45, 2.75) is 13.8 Å². The van der Waals surface area contributed by atoms with Gasteiger partial charge in [-0.05, 0) is 19.9 Å². The van der Waals surface area contributed by atoms with Gasteiger partial charge < -0.3 is 9.15 Å². The molecule has 0 atom stereocenters. The molecule has 4 nitrogen and oxygen atoms in total. The maximum absolute atomic E-state index is 11.8. The number of fused-ring (bicyclic) bond motifs is 1. The van der Waals surface area contributed by atoms with Crippen LogP contribution in [0.25, 0.3) is 10.8 Å². The number of ether oxygens (including phenoxy) is 1. The first kappa shape index (κ1) is 11.4. The third-order valence-electron chi connectivity index (χ3n) is 2.49. The second kappa shape index (κ2) is 4.41. The Bertz CT molecular complexity index is 625. The highest BCUT2D eigenvalue weighted by Crippen LogP contribution is 2.19. The number of aryl methyl sites for hydroxylation is 1. The van der Waals surface area contributed by atoms with Crippen LogP contribution in [0, 0.1) is 6.92 Å². The Hall–Kier alpha value is -2.10. The van der Waals surface area contributed by atoms with E-state index in [0.29, 0.717) is 16.3 Å². The molecule has 88 valence electrons. The van der Waals surface area contributed by atoms with Crippen LogP contribution in [0.1, 0.15) is 23.0 Å². The molecule has 17 heavy (non-hydrogen) atoms. The lowest BCUT2D eigenvalue weighted by atomic mass is 10.1. The zero-order chi connectivity index (χ0) is 12.4. The number of carbonyl (C=O) groups is 1. The minimum Gasteiger partial charge on any atom is -0.462 e. The van der Waals surface area contributed by atoms with Gasteiger partial charge in [0.15, 0.2) is 0 Å². The molecule has 0 saturated heterocycles. The molecule has 1 aromatic heterocycles. The summed E-state index contributed by atoms with van der Waals surface area (Å²) < 4.78 is 9.99. The van der Waals surface area contributed by atoms with E-state index in [9.17, 15) is 9.59 Å². The molecule has 1 heterocycles. The SMILES string of the molecule is CCOC(=O)c1c(C)oc(=O)c2ccccc12. The van der Waals surface area contributed by atoms with Gasteiger partial charge in [0.2, 0.25) is 0 Å². The smallest absolute Gasteiger partial charge is 0.343 e. The van der Waals surface area contributed by atoms with Gasteiger partial charge in [0, 0.05) is 5.39 Å². The van der Waals surface area contributed by atoms with Crippen LogP contribution in [0.5, 0.6) is 0 Å². The van der Waals surface area contributed by atoms with Gasteiger partial charge in [-0.2, -0.15) is 0 Å². The maximum atomic E-state index is 11.8. The van der Waals surface area contributed by atoms with E-state index >= 15 is 0 Å². The molecule has 0 bridgehead atoms. The van der Waals surface area contributed by atoms with Crippen molar-refractivity contribution in [3.63, 3.8) is 0 Å². The van der Waals surface area contributed by atoms with E-state index in [1.54, 1.807) is 38.1 Å². The van der Waals surface area contributed by atoms with Crippen LogP contribution in [-0.2, 0) is 4.74 Å². The number of esters is 1. The van der Waals surface area contributed by atoms with E-state index < -0.39 is 11.6 Å². The van der Waals surface area contributed by atoms with E-state index in [4.69, 9.17) is 9.15 Å². The third-order valence-corrected chi connectivity index (χ3v) is 2.49. The highest BCUT2D eigenvalue weighted by atomic mass is 16.5. The summed E-state index contributed by atoms with van der Waals surface area (Å²) in [7, 11) is 0. The third kappa shape index (κ3) is 1.93. The number of hydrogen-bond acceptors (Lipinski definition) is 4. The van der Waals surface area contributed by atoms with Gasteiger partial charge in [0.25, 0.3) is 0 Å². The van der Waals surface area contributed by atoms with Gasteiger partial charge in [-0.15, -0.1) is 0 Å². The molecular formula is C13H12O4. The highest BCUT2D eigenvalue weighted by molar-refractivity contribution is 6.04. The van der Waals surface area contributed by atoms with Gasteiger partial charge in [-0.25, -0.2) is 9.59 Å². The average molecular weight is 232 g/mol. The zero-order valence-corrected chi connectivity index (χ0v) is 9.65. The summed E-state index contributed by atoms with van der Waals surface area (Å²) in [6.45, 7) is 3.60. The minimum absolute atomic E-state index is 0.283. The van der Waals surface area contributed by atoms with Crippen LogP contribution in [-0.4, -0.2) is 12.6 Å². The Morgan fingerprint density at radius 1 is 1.29 bits per heavy atom. The maximum Gasteiger partial charge on any atom is 0.343 e. The van der Waals surface area contributed by atoms with Crippen molar-refractivity contribution in [3.05, 3.63) is 46.0 Å². The summed E-state index contributed by atoms with van der Waals surface area (Å²) in [5.41, 5.74) is -0.117. The lowest BCUT2D eigenvalue weighted by Crippen LogP contribution is -2.12. The fourth-order valence-electron chi connectivity index (χ4n) is 1.77. The van der Waals surface area contributed by atoms with Crippen molar-refractivity contribution in [3.8, 4) is 0 Å². The molecule has 0 unspecified atom stereocenters. The lowest BCUT2D eigenvalue weighted by Gasteiger charge is -2.07. The Balaban J connectivity index is 2.78. The van der Waals surface area contributed by atoms with E-state index in [2.05, 4.69) is 0 Å². The summed E-state index contributed by atoms with van der Waals surface area (Å²) in [5, 5.41) is 0.959. The Morgan fingerprint density at radius 2 is 1.94 bits per heavy atom. The first-order valence-corrected chi connectivity index (χ1v) is 5.34. The molecular weight excluding hydrogens is 220 g/mol. The van der Waals surface area contributed by atoms with Crippen LogP contribution in [0.15, 0.2) is 33.5 Å². The monoisotopic (exact) mass is 232 g/mol. The van der Waals surface area contributed by atoms with Crippen molar-refractivity contribution in [1.82, 2.24) is 0 Å². The molecule has 0 N–H and O–H groups in total. The molecule has 0 radical (unpaired) electrons. The van der Waals surface area contributed by atoms with Crippen LogP contribution in [0.4, 0.5) is 0 Å². The first-order chi connectivity index (χ1) is 8.15. The molecule has 0 amide bonds. The van der Waals surface area contributed by atoms with E-state index in [0.717, 1.165) is 0 Å². The van der Waals surface area contributed by atoms with Crippen molar-refractivity contribution < 1.29 is 13.9 Å². The van der Waals surface area contributed by atoms with Crippen LogP contribution in [0.3, 0.4) is 0 Å². The van der Waals surface area contributed by atoms with E-state index in [-0.39, 0.29) is 12.4 Å². The summed E-state index contributed by atoms with van der Waals surface area (Å²) in [6.07, 6.45) is 0. The number of benzene rings is 1. The molecule has 0 saturated carbocycles. The summed E-state index contributed by atoms with van der Waals surface area (Å²) in [6, 6.07) is 6.84. The van der Waals surface area contributed by atoms with Gasteiger partial charge in [0.05, 0.1) is 12.0 Å². The number of carbonyl (C=O) groups excluding carboxylic acids is 1. The molecule has 0 aliphatic heterocycles. The summed E-state index contributed by atoms with van der Waals surface area (Å²) >= 11 is 0. The van der Waals surface area contributed by atoms with Crippen molar-refractivity contribution >= 4 is 16.7 Å². The van der Waals surface area contributed by atoms with E-state index in [1.807, 2.05) is 0 Å². The van der Waals surface area contributed by atoms with Crippen molar-refractivity contribution in [2.75, 3.05) is 6.61 Å². The largest absolute Gasteiger partial charge is 0.462 e. The predicted molar refractivity (Wildman–Crippen MR) is 63.2 cm³/mol. The molecule has 0 aliphatic rings. The zero-order valence-electron chi connectivity index (χ0n) is 9.65. The van der Waals surface area contributed by atoms with Crippen molar-refractivity contribution in [1.29, 1.82) is 0 Å². The lowest BCUT2D eigenvalue weighted by molar-refractivity contribution is 0.0524. The second-order valence-electron chi connectivity index (χ2n) is 3.59. The standard InChI is InChI=1S/C13H12O4/c1-3-16-13(15)11-8(2)17-12(14)10-7-5-4-6-9(10)11/h4-7H,3H2,1-2H3. The molecule has 1 aromatic carbocycles. The van der Waals surface area contributed by atoms with Gasteiger partial charge >= 0.3 is 11.6 Å². The minimum atomic E-state index is -0.468. The molecule has 2 rings (SSSR count). The predicted octanol–water partition coefficient (Wildman–Crippen LogP) is 2.28. The Kier molecular flexibility index (Phi) is 2.95. The normalized spacial score (nSPS) is 10.5. The van der Waals surface area contributed by atoms with Gasteiger partial charge in [-0.1, -0.05) is 18.2 Å². The highest BCUT2D eigenvalue weighted by Gasteiger charge is 2.17. The Labute approximate surface area is 97.8 Å². The van der Waals surface area contributed by atoms with Crippen LogP contribution in [0.2, 0.25) is 0 Å². The summed E-state index contributed by atoms with van der Waals surface area (Å²) in [4.78, 5) is 23.4. The van der Waals surface area contributed by atoms with Gasteiger partial charge in [0.1, 0.15) is 11.3 Å². The molecule has 0 aliphatic carbocycles. The molecule has 0 fully saturated rings. The fourth-order valence-corrected chi connectivity index (χ4v) is 1.77. The second-order valence-corrected chi connectivity index (χ2v) is 3.59. The molecule has 0 spiro atoms. The van der Waals surface area contributed by atoms with Crippen LogP contribution < -0.4 is 5.63 Å².